The van der Waals surface area contributed by atoms with Gasteiger partial charge in [0, 0.05) is 24.1 Å². The Morgan fingerprint density at radius 3 is 2.71 bits per heavy atom. The number of quaternary nitrogens is 1. The smallest absolute Gasteiger partial charge is 0.169 e. The lowest BCUT2D eigenvalue weighted by Gasteiger charge is -2.45. The SMILES string of the molecule is CN(C(=S)NCC[NH+](C)C)[C@@]1(c2ccccc2Cl)CCCCC1=O. The zero-order valence-corrected chi connectivity index (χ0v) is 16.3. The third kappa shape index (κ3) is 3.90. The van der Waals surface area contributed by atoms with Crippen molar-refractivity contribution in [1.82, 2.24) is 10.2 Å². The first kappa shape index (κ1) is 19.2. The number of ketones is 1. The summed E-state index contributed by atoms with van der Waals surface area (Å²) < 4.78 is 0. The second-order valence-electron chi connectivity index (χ2n) is 6.72. The van der Waals surface area contributed by atoms with Gasteiger partial charge in [-0.25, -0.2) is 0 Å². The highest BCUT2D eigenvalue weighted by molar-refractivity contribution is 7.80. The van der Waals surface area contributed by atoms with E-state index < -0.39 is 5.54 Å². The molecule has 0 spiro atoms. The van der Waals surface area contributed by atoms with Crippen molar-refractivity contribution in [3.63, 3.8) is 0 Å². The van der Waals surface area contributed by atoms with E-state index in [0.29, 0.717) is 16.6 Å². The molecular formula is C18H27ClN3OS+. The number of carbonyl (C=O) groups excluding carboxylic acids is 1. The average molecular weight is 369 g/mol. The molecule has 1 atom stereocenters. The molecule has 2 rings (SSSR count). The predicted molar refractivity (Wildman–Crippen MR) is 103 cm³/mol. The molecular weight excluding hydrogens is 342 g/mol. The lowest BCUT2D eigenvalue weighted by atomic mass is 9.74. The maximum atomic E-state index is 13.0. The predicted octanol–water partition coefficient (Wildman–Crippen LogP) is 1.63. The summed E-state index contributed by atoms with van der Waals surface area (Å²) in [6, 6.07) is 7.63. The number of halogens is 1. The fourth-order valence-corrected chi connectivity index (χ4v) is 3.89. The first-order chi connectivity index (χ1) is 11.4. The molecule has 4 nitrogen and oxygen atoms in total. The number of nitrogens with zero attached hydrogens (tertiary/aromatic N) is 1. The number of hydrogen-bond donors (Lipinski definition) is 2. The topological polar surface area (TPSA) is 36.8 Å². The Morgan fingerprint density at radius 2 is 2.08 bits per heavy atom. The maximum Gasteiger partial charge on any atom is 0.169 e. The van der Waals surface area contributed by atoms with E-state index in [1.807, 2.05) is 36.2 Å². The molecule has 1 fully saturated rings. The van der Waals surface area contributed by atoms with E-state index in [1.54, 1.807) is 0 Å². The zero-order valence-electron chi connectivity index (χ0n) is 14.7. The van der Waals surface area contributed by atoms with Crippen molar-refractivity contribution in [2.75, 3.05) is 34.2 Å². The minimum Gasteiger partial charge on any atom is -0.357 e. The maximum absolute atomic E-state index is 13.0. The van der Waals surface area contributed by atoms with Gasteiger partial charge in [0.15, 0.2) is 10.9 Å². The van der Waals surface area contributed by atoms with Crippen molar-refractivity contribution in [2.45, 2.75) is 31.2 Å². The Kier molecular flexibility index (Phi) is 6.61. The summed E-state index contributed by atoms with van der Waals surface area (Å²) in [6.45, 7) is 1.74. The van der Waals surface area contributed by atoms with E-state index >= 15 is 0 Å². The molecule has 24 heavy (non-hydrogen) atoms. The first-order valence-corrected chi connectivity index (χ1v) is 9.27. The third-order valence-electron chi connectivity index (χ3n) is 4.75. The van der Waals surface area contributed by atoms with Crippen LogP contribution in [0.3, 0.4) is 0 Å². The molecule has 0 aliphatic heterocycles. The first-order valence-electron chi connectivity index (χ1n) is 8.48. The summed E-state index contributed by atoms with van der Waals surface area (Å²) in [6.07, 6.45) is 3.24. The average Bonchev–Trinajstić information content (AvgIpc) is 2.55. The van der Waals surface area contributed by atoms with Gasteiger partial charge in [-0.2, -0.15) is 0 Å². The highest BCUT2D eigenvalue weighted by Gasteiger charge is 2.47. The molecule has 0 heterocycles. The number of carbonyl (C=O) groups is 1. The fraction of sp³-hybridized carbons (Fsp3) is 0.556. The molecule has 1 aromatic rings. The third-order valence-corrected chi connectivity index (χ3v) is 5.50. The van der Waals surface area contributed by atoms with Crippen LogP contribution in [-0.4, -0.2) is 50.0 Å². The van der Waals surface area contributed by atoms with Crippen LogP contribution in [0, 0.1) is 0 Å². The molecule has 1 aliphatic rings. The quantitative estimate of drug-likeness (QED) is 0.774. The van der Waals surface area contributed by atoms with Crippen molar-refractivity contribution in [2.24, 2.45) is 0 Å². The summed E-state index contributed by atoms with van der Waals surface area (Å²) in [5.41, 5.74) is 0.104. The largest absolute Gasteiger partial charge is 0.357 e. The second-order valence-corrected chi connectivity index (χ2v) is 7.51. The summed E-state index contributed by atoms with van der Waals surface area (Å²) in [7, 11) is 6.11. The van der Waals surface area contributed by atoms with Gasteiger partial charge in [-0.05, 0) is 37.5 Å². The van der Waals surface area contributed by atoms with Gasteiger partial charge in [0.25, 0.3) is 0 Å². The van der Waals surface area contributed by atoms with Crippen LogP contribution in [0.2, 0.25) is 5.02 Å². The Morgan fingerprint density at radius 1 is 1.38 bits per heavy atom. The molecule has 0 saturated heterocycles. The van der Waals surface area contributed by atoms with Crippen molar-refractivity contribution >= 4 is 34.7 Å². The van der Waals surface area contributed by atoms with Gasteiger partial charge in [0.05, 0.1) is 27.2 Å². The highest BCUT2D eigenvalue weighted by Crippen LogP contribution is 2.42. The number of Topliss-reactive ketones (excluding diaryl/α,β-unsaturated/α-hetero) is 1. The van der Waals surface area contributed by atoms with Crippen LogP contribution < -0.4 is 10.2 Å². The van der Waals surface area contributed by atoms with Gasteiger partial charge >= 0.3 is 0 Å². The Bertz CT molecular complexity index is 608. The number of rotatable bonds is 5. The number of likely N-dealkylation sites (N-methyl/N-ethyl adjacent to an activating group) is 2. The molecule has 2 N–H and O–H groups in total. The van der Waals surface area contributed by atoms with Gasteiger partial charge in [0.1, 0.15) is 5.54 Å². The van der Waals surface area contributed by atoms with E-state index in [9.17, 15) is 4.79 Å². The minimum atomic E-state index is -0.758. The van der Waals surface area contributed by atoms with Crippen molar-refractivity contribution < 1.29 is 9.69 Å². The number of thiocarbonyl (C=S) groups is 1. The molecule has 1 aliphatic carbocycles. The molecule has 0 radical (unpaired) electrons. The molecule has 1 aromatic carbocycles. The van der Waals surface area contributed by atoms with Crippen LogP contribution in [0.5, 0.6) is 0 Å². The standard InChI is InChI=1S/C18H26ClN3OS/c1-21(2)13-12-20-17(24)22(3)18(11-7-6-10-16(18)23)14-8-4-5-9-15(14)19/h4-5,8-9H,6-7,10-13H2,1-3H3,(H,20,24)/p+1/t18-/m1/s1. The molecule has 0 aromatic heterocycles. The summed E-state index contributed by atoms with van der Waals surface area (Å²) >= 11 is 12.0. The van der Waals surface area contributed by atoms with Gasteiger partial charge in [-0.15, -0.1) is 0 Å². The summed E-state index contributed by atoms with van der Waals surface area (Å²) in [5, 5.41) is 4.52. The van der Waals surface area contributed by atoms with E-state index in [4.69, 9.17) is 23.8 Å². The highest BCUT2D eigenvalue weighted by atomic mass is 35.5. The van der Waals surface area contributed by atoms with Crippen molar-refractivity contribution in [3.05, 3.63) is 34.9 Å². The normalized spacial score (nSPS) is 21.0. The Balaban J connectivity index is 2.31. The van der Waals surface area contributed by atoms with Crippen LogP contribution in [0.4, 0.5) is 0 Å². The Hall–Kier alpha value is -1.17. The number of benzene rings is 1. The van der Waals surface area contributed by atoms with Gasteiger partial charge in [0.2, 0.25) is 0 Å². The molecule has 0 bridgehead atoms. The number of nitrogens with one attached hydrogen (secondary N) is 2. The molecule has 0 unspecified atom stereocenters. The van der Waals surface area contributed by atoms with Gasteiger partial charge in [-0.3, -0.25) is 4.79 Å². The molecule has 1 saturated carbocycles. The van der Waals surface area contributed by atoms with Crippen LogP contribution in [0.25, 0.3) is 0 Å². The van der Waals surface area contributed by atoms with Crippen LogP contribution in [-0.2, 0) is 10.3 Å². The van der Waals surface area contributed by atoms with Gasteiger partial charge in [-0.1, -0.05) is 29.8 Å². The lowest BCUT2D eigenvalue weighted by Crippen LogP contribution is -3.06. The van der Waals surface area contributed by atoms with E-state index in [0.717, 1.165) is 37.9 Å². The Labute approximate surface area is 155 Å². The van der Waals surface area contributed by atoms with Crippen LogP contribution >= 0.6 is 23.8 Å². The van der Waals surface area contributed by atoms with E-state index in [1.165, 1.54) is 4.90 Å². The lowest BCUT2D eigenvalue weighted by molar-refractivity contribution is -0.856. The summed E-state index contributed by atoms with van der Waals surface area (Å²) in [5.74, 6) is 0.201. The summed E-state index contributed by atoms with van der Waals surface area (Å²) in [4.78, 5) is 16.3. The van der Waals surface area contributed by atoms with E-state index in [2.05, 4.69) is 19.4 Å². The minimum absolute atomic E-state index is 0.201. The molecule has 6 heteroatoms. The molecule has 132 valence electrons. The second kappa shape index (κ2) is 8.28. The van der Waals surface area contributed by atoms with Gasteiger partial charge < -0.3 is 15.1 Å². The molecule has 0 amide bonds. The zero-order chi connectivity index (χ0) is 17.7. The van der Waals surface area contributed by atoms with Crippen molar-refractivity contribution in [1.29, 1.82) is 0 Å². The monoisotopic (exact) mass is 368 g/mol. The van der Waals surface area contributed by atoms with Crippen molar-refractivity contribution in [3.8, 4) is 0 Å². The fourth-order valence-electron chi connectivity index (χ4n) is 3.34. The van der Waals surface area contributed by atoms with Crippen LogP contribution in [0.15, 0.2) is 24.3 Å². The number of hydrogen-bond acceptors (Lipinski definition) is 2. The van der Waals surface area contributed by atoms with Crippen LogP contribution in [0.1, 0.15) is 31.2 Å². The van der Waals surface area contributed by atoms with E-state index in [-0.39, 0.29) is 5.78 Å².